The minimum absolute atomic E-state index is 0.0644. The second kappa shape index (κ2) is 7.10. The first-order chi connectivity index (χ1) is 12.1. The standard InChI is InChI=1S/C20H15F2N3/c1-13-5-4-6-15(9-13)19(18-7-2-3-8-24-18)25-20-16(21)10-14(12-23)11-17(20)22/h2-11,19,25H,1H3. The number of pyridine rings is 1. The summed E-state index contributed by atoms with van der Waals surface area (Å²) in [7, 11) is 0. The zero-order valence-electron chi connectivity index (χ0n) is 13.5. The van der Waals surface area contributed by atoms with Crippen molar-refractivity contribution in [2.24, 2.45) is 0 Å². The first kappa shape index (κ1) is 16.6. The maximum atomic E-state index is 14.3. The number of hydrogen-bond acceptors (Lipinski definition) is 3. The second-order valence-corrected chi connectivity index (χ2v) is 5.67. The van der Waals surface area contributed by atoms with Gasteiger partial charge in [0.1, 0.15) is 5.69 Å². The van der Waals surface area contributed by atoms with Crippen LogP contribution in [-0.4, -0.2) is 4.98 Å². The van der Waals surface area contributed by atoms with Crippen molar-refractivity contribution in [2.75, 3.05) is 5.32 Å². The number of benzene rings is 2. The van der Waals surface area contributed by atoms with E-state index in [1.54, 1.807) is 24.4 Å². The van der Waals surface area contributed by atoms with Crippen molar-refractivity contribution < 1.29 is 8.78 Å². The number of aromatic nitrogens is 1. The molecule has 0 aliphatic carbocycles. The average molecular weight is 335 g/mol. The van der Waals surface area contributed by atoms with Gasteiger partial charge in [-0.25, -0.2) is 8.78 Å². The molecule has 3 nitrogen and oxygen atoms in total. The SMILES string of the molecule is Cc1cccc(C(Nc2c(F)cc(C#N)cc2F)c2ccccn2)c1. The van der Waals surface area contributed by atoms with Crippen LogP contribution in [0.2, 0.25) is 0 Å². The molecule has 1 atom stereocenters. The van der Waals surface area contributed by atoms with Crippen LogP contribution >= 0.6 is 0 Å². The van der Waals surface area contributed by atoms with Crippen molar-refractivity contribution in [3.05, 3.63) is 94.8 Å². The molecule has 3 rings (SSSR count). The first-order valence-corrected chi connectivity index (χ1v) is 7.71. The number of nitrogens with zero attached hydrogens (tertiary/aromatic N) is 2. The fourth-order valence-electron chi connectivity index (χ4n) is 2.64. The van der Waals surface area contributed by atoms with Crippen LogP contribution in [-0.2, 0) is 0 Å². The molecule has 0 spiro atoms. The van der Waals surface area contributed by atoms with Crippen LogP contribution in [0.15, 0.2) is 60.8 Å². The largest absolute Gasteiger partial charge is 0.368 e. The van der Waals surface area contributed by atoms with E-state index in [0.717, 1.165) is 23.3 Å². The van der Waals surface area contributed by atoms with Crippen LogP contribution in [0, 0.1) is 29.9 Å². The monoisotopic (exact) mass is 335 g/mol. The van der Waals surface area contributed by atoms with Crippen molar-refractivity contribution in [2.45, 2.75) is 13.0 Å². The highest BCUT2D eigenvalue weighted by Crippen LogP contribution is 2.29. The lowest BCUT2D eigenvalue weighted by atomic mass is 10.0. The molecule has 0 aliphatic rings. The van der Waals surface area contributed by atoms with Crippen molar-refractivity contribution in [1.82, 2.24) is 4.98 Å². The van der Waals surface area contributed by atoms with E-state index in [1.807, 2.05) is 37.3 Å². The Morgan fingerprint density at radius 3 is 2.40 bits per heavy atom. The van der Waals surface area contributed by atoms with Gasteiger partial charge in [0.15, 0.2) is 11.6 Å². The number of hydrogen-bond donors (Lipinski definition) is 1. The third kappa shape index (κ3) is 3.64. The van der Waals surface area contributed by atoms with Gasteiger partial charge in [0.05, 0.1) is 23.4 Å². The molecular weight excluding hydrogens is 320 g/mol. The molecule has 0 fully saturated rings. The minimum atomic E-state index is -0.815. The molecule has 1 aromatic heterocycles. The third-order valence-corrected chi connectivity index (χ3v) is 3.82. The Bertz CT molecular complexity index is 910. The lowest BCUT2D eigenvalue weighted by Gasteiger charge is -2.21. The molecule has 2 aromatic carbocycles. The summed E-state index contributed by atoms with van der Waals surface area (Å²) in [5.41, 5.74) is 2.15. The molecule has 124 valence electrons. The van der Waals surface area contributed by atoms with Gasteiger partial charge in [-0.15, -0.1) is 0 Å². The van der Waals surface area contributed by atoms with E-state index in [4.69, 9.17) is 5.26 Å². The number of rotatable bonds is 4. The van der Waals surface area contributed by atoms with Crippen molar-refractivity contribution >= 4 is 5.69 Å². The molecular formula is C20H15F2N3. The average Bonchev–Trinajstić information content (AvgIpc) is 2.61. The molecule has 1 heterocycles. The zero-order chi connectivity index (χ0) is 17.8. The fraction of sp³-hybridized carbons (Fsp3) is 0.100. The van der Waals surface area contributed by atoms with E-state index < -0.39 is 17.7 Å². The van der Waals surface area contributed by atoms with Gasteiger partial charge in [0.25, 0.3) is 0 Å². The highest BCUT2D eigenvalue weighted by Gasteiger charge is 2.20. The molecule has 25 heavy (non-hydrogen) atoms. The summed E-state index contributed by atoms with van der Waals surface area (Å²) in [4.78, 5) is 4.31. The van der Waals surface area contributed by atoms with E-state index in [1.165, 1.54) is 0 Å². The number of halogens is 2. The molecule has 5 heteroatoms. The first-order valence-electron chi connectivity index (χ1n) is 7.71. The van der Waals surface area contributed by atoms with Crippen LogP contribution in [0.5, 0.6) is 0 Å². The summed E-state index contributed by atoms with van der Waals surface area (Å²) in [6, 6.07) is 16.3. The minimum Gasteiger partial charge on any atom is -0.368 e. The number of aryl methyl sites for hydroxylation is 1. The molecule has 1 N–H and O–H groups in total. The lowest BCUT2D eigenvalue weighted by molar-refractivity contribution is 0.584. The molecule has 0 saturated carbocycles. The van der Waals surface area contributed by atoms with Crippen molar-refractivity contribution in [1.29, 1.82) is 5.26 Å². The highest BCUT2D eigenvalue weighted by molar-refractivity contribution is 5.53. The molecule has 0 amide bonds. The maximum absolute atomic E-state index is 14.3. The van der Waals surface area contributed by atoms with Gasteiger partial charge in [-0.2, -0.15) is 5.26 Å². The Balaban J connectivity index is 2.07. The molecule has 3 aromatic rings. The summed E-state index contributed by atoms with van der Waals surface area (Å²) in [6.07, 6.45) is 1.63. The van der Waals surface area contributed by atoms with E-state index in [2.05, 4.69) is 10.3 Å². The van der Waals surface area contributed by atoms with E-state index >= 15 is 0 Å². The predicted molar refractivity (Wildman–Crippen MR) is 92.0 cm³/mol. The molecule has 0 bridgehead atoms. The number of nitrogens with one attached hydrogen (secondary N) is 1. The number of nitriles is 1. The molecule has 0 radical (unpaired) electrons. The van der Waals surface area contributed by atoms with Crippen LogP contribution in [0.3, 0.4) is 0 Å². The Morgan fingerprint density at radius 2 is 1.80 bits per heavy atom. The van der Waals surface area contributed by atoms with Gasteiger partial charge < -0.3 is 5.32 Å². The number of anilines is 1. The molecule has 0 saturated heterocycles. The smallest absolute Gasteiger partial charge is 0.150 e. The summed E-state index contributed by atoms with van der Waals surface area (Å²) >= 11 is 0. The highest BCUT2D eigenvalue weighted by atomic mass is 19.1. The van der Waals surface area contributed by atoms with Gasteiger partial charge in [-0.3, -0.25) is 4.98 Å². The summed E-state index contributed by atoms with van der Waals surface area (Å²) in [5, 5.41) is 11.7. The van der Waals surface area contributed by atoms with Crippen LogP contribution in [0.25, 0.3) is 0 Å². The topological polar surface area (TPSA) is 48.7 Å². The van der Waals surface area contributed by atoms with Gasteiger partial charge in [-0.05, 0) is 36.8 Å². The molecule has 1 unspecified atom stereocenters. The summed E-state index contributed by atoms with van der Waals surface area (Å²) in [5.74, 6) is -1.63. The Morgan fingerprint density at radius 1 is 1.04 bits per heavy atom. The zero-order valence-corrected chi connectivity index (χ0v) is 13.5. The van der Waals surface area contributed by atoms with Gasteiger partial charge >= 0.3 is 0 Å². The Hall–Kier alpha value is -3.26. The van der Waals surface area contributed by atoms with Crippen molar-refractivity contribution in [3.8, 4) is 6.07 Å². The maximum Gasteiger partial charge on any atom is 0.150 e. The summed E-state index contributed by atoms with van der Waals surface area (Å²) < 4.78 is 28.6. The van der Waals surface area contributed by atoms with Crippen LogP contribution < -0.4 is 5.32 Å². The lowest BCUT2D eigenvalue weighted by Crippen LogP contribution is -2.16. The van der Waals surface area contributed by atoms with Crippen molar-refractivity contribution in [3.63, 3.8) is 0 Å². The molecule has 0 aliphatic heterocycles. The van der Waals surface area contributed by atoms with E-state index in [9.17, 15) is 8.78 Å². The fourth-order valence-corrected chi connectivity index (χ4v) is 2.64. The third-order valence-electron chi connectivity index (χ3n) is 3.82. The predicted octanol–water partition coefficient (Wildman–Crippen LogP) is 4.74. The van der Waals surface area contributed by atoms with Gasteiger partial charge in [0.2, 0.25) is 0 Å². The quantitative estimate of drug-likeness (QED) is 0.749. The van der Waals surface area contributed by atoms with Gasteiger partial charge in [0, 0.05) is 6.20 Å². The Kier molecular flexibility index (Phi) is 4.71. The second-order valence-electron chi connectivity index (χ2n) is 5.67. The Labute approximate surface area is 144 Å². The van der Waals surface area contributed by atoms with Gasteiger partial charge in [-0.1, -0.05) is 35.9 Å². The van der Waals surface area contributed by atoms with E-state index in [-0.39, 0.29) is 11.3 Å². The normalized spacial score (nSPS) is 11.6. The van der Waals surface area contributed by atoms with Crippen LogP contribution in [0.1, 0.15) is 28.4 Å². The summed E-state index contributed by atoms with van der Waals surface area (Å²) in [6.45, 7) is 1.95. The van der Waals surface area contributed by atoms with E-state index in [0.29, 0.717) is 5.69 Å². The van der Waals surface area contributed by atoms with Crippen LogP contribution in [0.4, 0.5) is 14.5 Å².